The predicted octanol–water partition coefficient (Wildman–Crippen LogP) is 2.17. The monoisotopic (exact) mass is 276 g/mol. The van der Waals surface area contributed by atoms with E-state index in [2.05, 4.69) is 17.9 Å². The molecule has 0 saturated heterocycles. The summed E-state index contributed by atoms with van der Waals surface area (Å²) >= 11 is 0. The van der Waals surface area contributed by atoms with Gasteiger partial charge in [-0.15, -0.1) is 0 Å². The standard InChI is InChI=1S/C6H5F5O2.C3H4O2/c1-2-4(12)13-3-5(7,8)6(9,10)11;1-2-3(4)5/h2H,1,3H2;2H,1H2,(H,4,5). The lowest BCUT2D eigenvalue weighted by Gasteiger charge is -2.18. The summed E-state index contributed by atoms with van der Waals surface area (Å²) in [6.45, 7) is 3.76. The first-order valence-corrected chi connectivity index (χ1v) is 4.07. The van der Waals surface area contributed by atoms with E-state index in [1.165, 1.54) is 0 Å². The summed E-state index contributed by atoms with van der Waals surface area (Å²) in [6, 6.07) is 0. The van der Waals surface area contributed by atoms with Crippen molar-refractivity contribution in [2.75, 3.05) is 6.61 Å². The first-order chi connectivity index (χ1) is 7.97. The van der Waals surface area contributed by atoms with Crippen molar-refractivity contribution in [2.45, 2.75) is 12.1 Å². The van der Waals surface area contributed by atoms with Crippen LogP contribution in [0.4, 0.5) is 22.0 Å². The third kappa shape index (κ3) is 8.25. The second-order valence-corrected chi connectivity index (χ2v) is 2.56. The van der Waals surface area contributed by atoms with E-state index in [4.69, 9.17) is 5.11 Å². The van der Waals surface area contributed by atoms with E-state index >= 15 is 0 Å². The number of carbonyl (C=O) groups is 2. The summed E-state index contributed by atoms with van der Waals surface area (Å²) in [5.74, 6) is -7.33. The Bertz CT molecular complexity index is 321. The summed E-state index contributed by atoms with van der Waals surface area (Å²) < 4.78 is 61.8. The highest BCUT2D eigenvalue weighted by molar-refractivity contribution is 5.81. The molecule has 0 amide bonds. The number of carboxylic acids is 1. The zero-order valence-corrected chi connectivity index (χ0v) is 8.84. The Kier molecular flexibility index (Phi) is 7.59. The van der Waals surface area contributed by atoms with Crippen LogP contribution in [0.1, 0.15) is 0 Å². The van der Waals surface area contributed by atoms with Crippen molar-refractivity contribution in [1.29, 1.82) is 0 Å². The van der Waals surface area contributed by atoms with Gasteiger partial charge >= 0.3 is 24.0 Å². The van der Waals surface area contributed by atoms with Gasteiger partial charge in [-0.2, -0.15) is 22.0 Å². The molecule has 0 bridgehead atoms. The summed E-state index contributed by atoms with van der Waals surface area (Å²) in [5.41, 5.74) is 0. The van der Waals surface area contributed by atoms with Gasteiger partial charge in [0.1, 0.15) is 0 Å². The molecule has 0 heterocycles. The van der Waals surface area contributed by atoms with Gasteiger partial charge in [-0.1, -0.05) is 13.2 Å². The largest absolute Gasteiger partial charge is 0.478 e. The summed E-state index contributed by atoms with van der Waals surface area (Å²) in [7, 11) is 0. The number of hydrogen-bond donors (Lipinski definition) is 1. The maximum absolute atomic E-state index is 12.0. The van der Waals surface area contributed by atoms with E-state index in [0.717, 1.165) is 6.08 Å². The molecule has 0 atom stereocenters. The quantitative estimate of drug-likeness (QED) is 0.485. The first kappa shape index (κ1) is 18.4. The molecule has 4 nitrogen and oxygen atoms in total. The molecule has 0 aromatic heterocycles. The van der Waals surface area contributed by atoms with Crippen molar-refractivity contribution in [2.24, 2.45) is 0 Å². The molecular formula is C9H9F5O4. The van der Waals surface area contributed by atoms with Crippen LogP contribution in [0.2, 0.25) is 0 Å². The number of ether oxygens (including phenoxy) is 1. The lowest BCUT2D eigenvalue weighted by Crippen LogP contribution is -2.41. The number of alkyl halides is 5. The molecule has 18 heavy (non-hydrogen) atoms. The van der Waals surface area contributed by atoms with E-state index in [0.29, 0.717) is 6.08 Å². The van der Waals surface area contributed by atoms with Gasteiger partial charge in [0, 0.05) is 12.2 Å². The highest BCUT2D eigenvalue weighted by Gasteiger charge is 2.58. The molecule has 0 aliphatic rings. The number of halogens is 5. The van der Waals surface area contributed by atoms with Crippen molar-refractivity contribution < 1.29 is 41.4 Å². The minimum atomic E-state index is -5.71. The normalized spacial score (nSPS) is 10.7. The van der Waals surface area contributed by atoms with Crippen molar-refractivity contribution in [3.05, 3.63) is 25.3 Å². The Balaban J connectivity index is 0. The fourth-order valence-electron chi connectivity index (χ4n) is 0.303. The van der Waals surface area contributed by atoms with Crippen molar-refractivity contribution >= 4 is 11.9 Å². The molecule has 0 aromatic carbocycles. The molecule has 0 unspecified atom stereocenters. The minimum absolute atomic E-state index is 0.493. The first-order valence-electron chi connectivity index (χ1n) is 4.07. The van der Waals surface area contributed by atoms with Gasteiger partial charge in [-0.05, 0) is 0 Å². The summed E-state index contributed by atoms with van der Waals surface area (Å²) in [5, 5.41) is 7.60. The fourth-order valence-corrected chi connectivity index (χ4v) is 0.303. The smallest absolute Gasteiger partial charge is 0.456 e. The van der Waals surface area contributed by atoms with Gasteiger partial charge in [-0.25, -0.2) is 9.59 Å². The van der Waals surface area contributed by atoms with Gasteiger partial charge in [-0.3, -0.25) is 0 Å². The van der Waals surface area contributed by atoms with Crippen LogP contribution < -0.4 is 0 Å². The van der Waals surface area contributed by atoms with Gasteiger partial charge < -0.3 is 9.84 Å². The number of aliphatic carboxylic acids is 1. The average Bonchev–Trinajstić information content (AvgIpc) is 2.25. The van der Waals surface area contributed by atoms with Crippen molar-refractivity contribution in [3.63, 3.8) is 0 Å². The van der Waals surface area contributed by atoms with Crippen LogP contribution >= 0.6 is 0 Å². The van der Waals surface area contributed by atoms with Gasteiger partial charge in [0.15, 0.2) is 6.61 Å². The predicted molar refractivity (Wildman–Crippen MR) is 50.0 cm³/mol. The number of rotatable bonds is 4. The lowest BCUT2D eigenvalue weighted by atomic mass is 10.3. The maximum Gasteiger partial charge on any atom is 0.456 e. The van der Waals surface area contributed by atoms with Gasteiger partial charge in [0.2, 0.25) is 0 Å². The third-order valence-corrected chi connectivity index (χ3v) is 1.15. The number of esters is 1. The molecule has 0 rings (SSSR count). The van der Waals surface area contributed by atoms with E-state index in [9.17, 15) is 31.5 Å². The summed E-state index contributed by atoms with van der Waals surface area (Å²) in [4.78, 5) is 19.4. The second-order valence-electron chi connectivity index (χ2n) is 2.56. The molecule has 1 N–H and O–H groups in total. The molecule has 0 spiro atoms. The highest BCUT2D eigenvalue weighted by atomic mass is 19.4. The molecule has 0 saturated carbocycles. The third-order valence-electron chi connectivity index (χ3n) is 1.15. The van der Waals surface area contributed by atoms with Crippen LogP contribution in [-0.4, -0.2) is 35.8 Å². The van der Waals surface area contributed by atoms with Crippen LogP contribution in [0.25, 0.3) is 0 Å². The molecular weight excluding hydrogens is 267 g/mol. The molecule has 0 radical (unpaired) electrons. The van der Waals surface area contributed by atoms with E-state index < -0.39 is 30.6 Å². The van der Waals surface area contributed by atoms with Crippen LogP contribution in [0.3, 0.4) is 0 Å². The summed E-state index contributed by atoms with van der Waals surface area (Å²) in [6.07, 6.45) is -4.39. The Labute approximate surface area is 98.3 Å². The van der Waals surface area contributed by atoms with Crippen molar-refractivity contribution in [3.8, 4) is 0 Å². The number of hydrogen-bond acceptors (Lipinski definition) is 3. The topological polar surface area (TPSA) is 63.6 Å². The Hall–Kier alpha value is -1.93. The molecule has 9 heteroatoms. The molecule has 0 aliphatic carbocycles. The molecule has 0 aromatic rings. The van der Waals surface area contributed by atoms with E-state index in [1.54, 1.807) is 0 Å². The number of carboxylic acid groups (broad SMARTS) is 1. The molecule has 0 fully saturated rings. The van der Waals surface area contributed by atoms with Gasteiger partial charge in [0.25, 0.3) is 0 Å². The zero-order chi connectivity index (χ0) is 15.0. The Morgan fingerprint density at radius 2 is 1.50 bits per heavy atom. The van der Waals surface area contributed by atoms with Crippen molar-refractivity contribution in [1.82, 2.24) is 0 Å². The number of carbonyl (C=O) groups excluding carboxylic acids is 1. The van der Waals surface area contributed by atoms with Gasteiger partial charge in [0.05, 0.1) is 0 Å². The molecule has 0 aliphatic heterocycles. The Morgan fingerprint density at radius 1 is 1.11 bits per heavy atom. The lowest BCUT2D eigenvalue weighted by molar-refractivity contribution is -0.293. The SMILES string of the molecule is C=CC(=O)O.C=CC(=O)OCC(F)(F)C(F)(F)F. The van der Waals surface area contributed by atoms with Crippen LogP contribution in [0.15, 0.2) is 25.3 Å². The maximum atomic E-state index is 12.0. The van der Waals surface area contributed by atoms with Crippen LogP contribution in [0, 0.1) is 0 Å². The highest BCUT2D eigenvalue weighted by Crippen LogP contribution is 2.35. The average molecular weight is 276 g/mol. The van der Waals surface area contributed by atoms with E-state index in [-0.39, 0.29) is 0 Å². The molecule has 104 valence electrons. The fraction of sp³-hybridized carbons (Fsp3) is 0.333. The van der Waals surface area contributed by atoms with Crippen LogP contribution in [-0.2, 0) is 14.3 Å². The second kappa shape index (κ2) is 7.41. The van der Waals surface area contributed by atoms with E-state index in [1.807, 2.05) is 0 Å². The zero-order valence-electron chi connectivity index (χ0n) is 8.84. The minimum Gasteiger partial charge on any atom is -0.478 e. The van der Waals surface area contributed by atoms with Crippen LogP contribution in [0.5, 0.6) is 0 Å². The Morgan fingerprint density at radius 3 is 1.72 bits per heavy atom.